The number of nitrogens with two attached hydrogens (primary N) is 1. The molecule has 0 bridgehead atoms. The fourth-order valence-electron chi connectivity index (χ4n) is 1.36. The Labute approximate surface area is 106 Å². The molecule has 0 aliphatic carbocycles. The topological polar surface area (TPSA) is 81.2 Å². The molecule has 1 aromatic heterocycles. The number of rotatable bonds is 2. The fourth-order valence-corrected chi connectivity index (χ4v) is 1.87. The number of carbonyl (C=O) groups is 1. The van der Waals surface area contributed by atoms with Crippen molar-refractivity contribution in [2.45, 2.75) is 6.92 Å². The largest absolute Gasteiger partial charge is 0.399 e. The number of anilines is 2. The highest BCUT2D eigenvalue weighted by Gasteiger charge is 2.10. The van der Waals surface area contributed by atoms with E-state index in [1.807, 2.05) is 0 Å². The molecule has 88 valence electrons. The van der Waals surface area contributed by atoms with Gasteiger partial charge in [0.1, 0.15) is 5.76 Å². The maximum absolute atomic E-state index is 11.9. The fraction of sp³-hybridized carbons (Fsp3) is 0.0909. The Kier molecular flexibility index (Phi) is 3.14. The molecule has 0 aliphatic heterocycles. The van der Waals surface area contributed by atoms with Crippen LogP contribution in [-0.2, 0) is 0 Å². The summed E-state index contributed by atoms with van der Waals surface area (Å²) >= 11 is 3.28. The summed E-state index contributed by atoms with van der Waals surface area (Å²) in [6.45, 7) is 1.75. The average Bonchev–Trinajstić information content (AvgIpc) is 2.62. The molecule has 0 radical (unpaired) electrons. The van der Waals surface area contributed by atoms with E-state index < -0.39 is 0 Å². The van der Waals surface area contributed by atoms with Crippen molar-refractivity contribution in [2.24, 2.45) is 0 Å². The standard InChI is InChI=1S/C11H10BrN3O2/c1-6-2-10(15-17-6)14-11(16)7-3-8(12)5-9(13)4-7/h2-5H,13H2,1H3,(H,14,15,16). The highest BCUT2D eigenvalue weighted by Crippen LogP contribution is 2.18. The van der Waals surface area contributed by atoms with Crippen molar-refractivity contribution in [3.8, 4) is 0 Å². The molecule has 17 heavy (non-hydrogen) atoms. The molecule has 2 aromatic rings. The van der Waals surface area contributed by atoms with Crippen LogP contribution < -0.4 is 11.1 Å². The second-order valence-corrected chi connectivity index (χ2v) is 4.47. The minimum Gasteiger partial charge on any atom is -0.399 e. The lowest BCUT2D eigenvalue weighted by Gasteiger charge is -2.03. The van der Waals surface area contributed by atoms with Gasteiger partial charge in [-0.05, 0) is 25.1 Å². The molecule has 5 nitrogen and oxygen atoms in total. The number of halogens is 1. The van der Waals surface area contributed by atoms with Crippen LogP contribution in [0.15, 0.2) is 33.3 Å². The summed E-state index contributed by atoms with van der Waals surface area (Å²) in [4.78, 5) is 11.9. The quantitative estimate of drug-likeness (QED) is 0.835. The van der Waals surface area contributed by atoms with Gasteiger partial charge in [0, 0.05) is 21.8 Å². The third-order valence-electron chi connectivity index (χ3n) is 2.05. The molecule has 6 heteroatoms. The van der Waals surface area contributed by atoms with E-state index in [2.05, 4.69) is 26.4 Å². The molecular formula is C11H10BrN3O2. The second-order valence-electron chi connectivity index (χ2n) is 3.55. The minimum atomic E-state index is -0.286. The molecule has 0 unspecified atom stereocenters. The zero-order valence-corrected chi connectivity index (χ0v) is 10.6. The van der Waals surface area contributed by atoms with E-state index in [-0.39, 0.29) is 5.91 Å². The predicted octanol–water partition coefficient (Wildman–Crippen LogP) is 2.58. The van der Waals surface area contributed by atoms with Crippen LogP contribution in [0.3, 0.4) is 0 Å². The van der Waals surface area contributed by atoms with Crippen LogP contribution in [0.2, 0.25) is 0 Å². The first-order chi connectivity index (χ1) is 8.04. The van der Waals surface area contributed by atoms with Crippen molar-refractivity contribution in [3.05, 3.63) is 40.1 Å². The molecule has 0 aliphatic rings. The number of carbonyl (C=O) groups excluding carboxylic acids is 1. The number of hydrogen-bond donors (Lipinski definition) is 2. The first-order valence-electron chi connectivity index (χ1n) is 4.85. The highest BCUT2D eigenvalue weighted by molar-refractivity contribution is 9.10. The number of hydrogen-bond acceptors (Lipinski definition) is 4. The zero-order chi connectivity index (χ0) is 12.4. The van der Waals surface area contributed by atoms with E-state index in [0.717, 1.165) is 4.47 Å². The molecule has 0 atom stereocenters. The normalized spacial score (nSPS) is 10.2. The molecule has 1 amide bonds. The third kappa shape index (κ3) is 2.85. The Morgan fingerprint density at radius 3 is 2.76 bits per heavy atom. The summed E-state index contributed by atoms with van der Waals surface area (Å²) in [5.41, 5.74) is 6.62. The second kappa shape index (κ2) is 4.58. The third-order valence-corrected chi connectivity index (χ3v) is 2.51. The number of aromatic nitrogens is 1. The van der Waals surface area contributed by atoms with Crippen molar-refractivity contribution >= 4 is 33.3 Å². The van der Waals surface area contributed by atoms with E-state index in [1.165, 1.54) is 0 Å². The van der Waals surface area contributed by atoms with Crippen molar-refractivity contribution in [1.82, 2.24) is 5.16 Å². The molecule has 0 saturated heterocycles. The van der Waals surface area contributed by atoms with E-state index in [1.54, 1.807) is 31.2 Å². The monoisotopic (exact) mass is 295 g/mol. The SMILES string of the molecule is Cc1cc(NC(=O)c2cc(N)cc(Br)c2)no1. The smallest absolute Gasteiger partial charge is 0.257 e. The number of amides is 1. The number of nitrogens with one attached hydrogen (secondary N) is 1. The van der Waals surface area contributed by atoms with Gasteiger partial charge in [0.2, 0.25) is 0 Å². The minimum absolute atomic E-state index is 0.286. The summed E-state index contributed by atoms with van der Waals surface area (Å²) in [6, 6.07) is 6.63. The highest BCUT2D eigenvalue weighted by atomic mass is 79.9. The van der Waals surface area contributed by atoms with E-state index in [0.29, 0.717) is 22.8 Å². The molecule has 2 rings (SSSR count). The first kappa shape index (κ1) is 11.7. The molecule has 0 spiro atoms. The number of aryl methyl sites for hydroxylation is 1. The van der Waals surface area contributed by atoms with Crippen molar-refractivity contribution in [3.63, 3.8) is 0 Å². The zero-order valence-electron chi connectivity index (χ0n) is 9.03. The van der Waals surface area contributed by atoms with Gasteiger partial charge in [0.25, 0.3) is 5.91 Å². The number of nitrogen functional groups attached to an aromatic ring is 1. The van der Waals surface area contributed by atoms with E-state index in [4.69, 9.17) is 10.3 Å². The number of benzene rings is 1. The predicted molar refractivity (Wildman–Crippen MR) is 67.7 cm³/mol. The van der Waals surface area contributed by atoms with Gasteiger partial charge in [0.05, 0.1) is 0 Å². The van der Waals surface area contributed by atoms with Gasteiger partial charge in [0.15, 0.2) is 5.82 Å². The summed E-state index contributed by atoms with van der Waals surface area (Å²) in [5, 5.41) is 6.29. The van der Waals surface area contributed by atoms with Gasteiger partial charge in [-0.25, -0.2) is 0 Å². The van der Waals surface area contributed by atoms with Crippen molar-refractivity contribution < 1.29 is 9.32 Å². The Morgan fingerprint density at radius 1 is 1.41 bits per heavy atom. The van der Waals surface area contributed by atoms with Crippen molar-refractivity contribution in [1.29, 1.82) is 0 Å². The Bertz CT molecular complexity index is 545. The van der Waals surface area contributed by atoms with Crippen LogP contribution in [0, 0.1) is 6.92 Å². The lowest BCUT2D eigenvalue weighted by molar-refractivity contribution is 0.102. The van der Waals surface area contributed by atoms with Gasteiger partial charge < -0.3 is 15.6 Å². The van der Waals surface area contributed by atoms with Crippen LogP contribution in [0.5, 0.6) is 0 Å². The Balaban J connectivity index is 2.19. The maximum Gasteiger partial charge on any atom is 0.257 e. The summed E-state index contributed by atoms with van der Waals surface area (Å²) in [7, 11) is 0. The Hall–Kier alpha value is -1.82. The van der Waals surface area contributed by atoms with Gasteiger partial charge in [-0.1, -0.05) is 21.1 Å². The van der Waals surface area contributed by atoms with Crippen LogP contribution in [-0.4, -0.2) is 11.1 Å². The molecule has 1 heterocycles. The molecular weight excluding hydrogens is 286 g/mol. The van der Waals surface area contributed by atoms with Gasteiger partial charge in [-0.2, -0.15) is 0 Å². The van der Waals surface area contributed by atoms with Gasteiger partial charge in [-0.15, -0.1) is 0 Å². The van der Waals surface area contributed by atoms with Crippen molar-refractivity contribution in [2.75, 3.05) is 11.1 Å². The van der Waals surface area contributed by atoms with Crippen LogP contribution in [0.4, 0.5) is 11.5 Å². The lowest BCUT2D eigenvalue weighted by atomic mass is 10.2. The molecule has 1 aromatic carbocycles. The molecule has 0 fully saturated rings. The van der Waals surface area contributed by atoms with E-state index in [9.17, 15) is 4.79 Å². The summed E-state index contributed by atoms with van der Waals surface area (Å²) < 4.78 is 5.60. The average molecular weight is 296 g/mol. The van der Waals surface area contributed by atoms with E-state index >= 15 is 0 Å². The number of nitrogens with zero attached hydrogens (tertiary/aromatic N) is 1. The summed E-state index contributed by atoms with van der Waals surface area (Å²) in [5.74, 6) is 0.728. The maximum atomic E-state index is 11.9. The van der Waals surface area contributed by atoms with Crippen LogP contribution in [0.1, 0.15) is 16.1 Å². The van der Waals surface area contributed by atoms with Crippen LogP contribution in [0.25, 0.3) is 0 Å². The van der Waals surface area contributed by atoms with Gasteiger partial charge in [-0.3, -0.25) is 4.79 Å². The lowest BCUT2D eigenvalue weighted by Crippen LogP contribution is -2.12. The summed E-state index contributed by atoms with van der Waals surface area (Å²) in [6.07, 6.45) is 0. The van der Waals surface area contributed by atoms with Crippen LogP contribution >= 0.6 is 15.9 Å². The molecule has 3 N–H and O–H groups in total. The Morgan fingerprint density at radius 2 is 2.18 bits per heavy atom. The first-order valence-corrected chi connectivity index (χ1v) is 5.64. The molecule has 0 saturated carbocycles. The van der Waals surface area contributed by atoms with Gasteiger partial charge >= 0.3 is 0 Å².